The van der Waals surface area contributed by atoms with Crippen LogP contribution in [0.1, 0.15) is 29.3 Å². The lowest BCUT2D eigenvalue weighted by Gasteiger charge is -2.08. The van der Waals surface area contributed by atoms with Crippen molar-refractivity contribution in [3.63, 3.8) is 0 Å². The Morgan fingerprint density at radius 2 is 2.10 bits per heavy atom. The molecule has 1 aromatic carbocycles. The Bertz CT molecular complexity index is 616. The zero-order chi connectivity index (χ0) is 15.1. The highest BCUT2D eigenvalue weighted by atomic mass is 35.5. The van der Waals surface area contributed by atoms with Gasteiger partial charge >= 0.3 is 0 Å². The van der Waals surface area contributed by atoms with Gasteiger partial charge < -0.3 is 10.6 Å². The number of aromatic nitrogens is 1. The number of nitrogens with one attached hydrogen (secondary N) is 2. The van der Waals surface area contributed by atoms with Crippen LogP contribution in [0.5, 0.6) is 0 Å². The van der Waals surface area contributed by atoms with E-state index in [9.17, 15) is 4.79 Å². The van der Waals surface area contributed by atoms with Crippen molar-refractivity contribution in [1.29, 1.82) is 0 Å². The first-order chi connectivity index (χ1) is 10.2. The largest absolute Gasteiger partial charge is 0.370 e. The van der Waals surface area contributed by atoms with Gasteiger partial charge in [0.2, 0.25) is 0 Å². The quantitative estimate of drug-likeness (QED) is 0.859. The molecular weight excluding hydrogens is 286 g/mol. The number of carbonyl (C=O) groups is 1. The highest BCUT2D eigenvalue weighted by molar-refractivity contribution is 6.31. The number of anilines is 1. The first kappa shape index (κ1) is 15.3. The van der Waals surface area contributed by atoms with Gasteiger partial charge in [0.15, 0.2) is 0 Å². The summed E-state index contributed by atoms with van der Waals surface area (Å²) in [5, 5.41) is 6.67. The molecule has 21 heavy (non-hydrogen) atoms. The summed E-state index contributed by atoms with van der Waals surface area (Å²) in [6.45, 7) is 3.31. The van der Waals surface area contributed by atoms with Crippen molar-refractivity contribution in [2.75, 3.05) is 11.9 Å². The van der Waals surface area contributed by atoms with E-state index >= 15 is 0 Å². The summed E-state index contributed by atoms with van der Waals surface area (Å²) in [5.74, 6) is 0.569. The molecule has 1 heterocycles. The van der Waals surface area contributed by atoms with Gasteiger partial charge in [-0.3, -0.25) is 4.79 Å². The zero-order valence-corrected chi connectivity index (χ0v) is 12.7. The Balaban J connectivity index is 1.98. The lowest BCUT2D eigenvalue weighted by atomic mass is 10.2. The van der Waals surface area contributed by atoms with Crippen LogP contribution in [-0.2, 0) is 6.54 Å². The molecule has 1 amide bonds. The number of nitrogens with zero attached hydrogens (tertiary/aromatic N) is 1. The van der Waals surface area contributed by atoms with Crippen molar-refractivity contribution in [3.05, 3.63) is 58.7 Å². The monoisotopic (exact) mass is 303 g/mol. The molecule has 0 spiro atoms. The standard InChI is InChI=1S/C16H18ClN3O/c1-2-8-18-15-10-12(7-9-19-15)16(21)20-11-13-5-3-4-6-14(13)17/h3-7,9-10H,2,8,11H2,1H3,(H,18,19)(H,20,21). The van der Waals surface area contributed by atoms with Crippen LogP contribution >= 0.6 is 11.6 Å². The van der Waals surface area contributed by atoms with Gasteiger partial charge in [-0.1, -0.05) is 36.7 Å². The van der Waals surface area contributed by atoms with Crippen LogP contribution in [0, 0.1) is 0 Å². The molecule has 2 aromatic rings. The fourth-order valence-corrected chi connectivity index (χ4v) is 2.04. The molecule has 0 saturated heterocycles. The smallest absolute Gasteiger partial charge is 0.251 e. The third-order valence-electron chi connectivity index (χ3n) is 2.98. The normalized spacial score (nSPS) is 10.2. The number of pyridine rings is 1. The maximum absolute atomic E-state index is 12.1. The molecule has 2 rings (SSSR count). The van der Waals surface area contributed by atoms with E-state index in [0.29, 0.717) is 22.9 Å². The molecule has 0 saturated carbocycles. The van der Waals surface area contributed by atoms with Gasteiger partial charge in [0.25, 0.3) is 5.91 Å². The van der Waals surface area contributed by atoms with Gasteiger partial charge in [-0.05, 0) is 30.2 Å². The fraction of sp³-hybridized carbons (Fsp3) is 0.250. The number of carbonyl (C=O) groups excluding carboxylic acids is 1. The molecule has 4 nitrogen and oxygen atoms in total. The molecule has 0 atom stereocenters. The van der Waals surface area contributed by atoms with Crippen molar-refractivity contribution >= 4 is 23.3 Å². The zero-order valence-electron chi connectivity index (χ0n) is 11.9. The Kier molecular flexibility index (Phi) is 5.58. The van der Waals surface area contributed by atoms with E-state index in [1.54, 1.807) is 18.3 Å². The van der Waals surface area contributed by atoms with Crippen LogP contribution in [0.4, 0.5) is 5.82 Å². The second-order valence-corrected chi connectivity index (χ2v) is 5.04. The minimum Gasteiger partial charge on any atom is -0.370 e. The minimum absolute atomic E-state index is 0.142. The van der Waals surface area contributed by atoms with E-state index in [1.807, 2.05) is 24.3 Å². The third-order valence-corrected chi connectivity index (χ3v) is 3.34. The van der Waals surface area contributed by atoms with Crippen molar-refractivity contribution in [3.8, 4) is 0 Å². The van der Waals surface area contributed by atoms with Gasteiger partial charge in [-0.2, -0.15) is 0 Å². The van der Waals surface area contributed by atoms with Gasteiger partial charge in [-0.15, -0.1) is 0 Å². The first-order valence-electron chi connectivity index (χ1n) is 6.92. The number of rotatable bonds is 6. The van der Waals surface area contributed by atoms with Gasteiger partial charge in [-0.25, -0.2) is 4.98 Å². The lowest BCUT2D eigenvalue weighted by Crippen LogP contribution is -2.23. The van der Waals surface area contributed by atoms with E-state index in [1.165, 1.54) is 0 Å². The van der Waals surface area contributed by atoms with E-state index in [0.717, 1.165) is 18.5 Å². The van der Waals surface area contributed by atoms with Gasteiger partial charge in [0.05, 0.1) is 0 Å². The molecule has 1 aromatic heterocycles. The van der Waals surface area contributed by atoms with E-state index in [2.05, 4.69) is 22.5 Å². The second kappa shape index (κ2) is 7.64. The highest BCUT2D eigenvalue weighted by Gasteiger charge is 2.07. The number of halogens is 1. The van der Waals surface area contributed by atoms with E-state index in [-0.39, 0.29) is 5.91 Å². The van der Waals surface area contributed by atoms with Crippen molar-refractivity contribution in [2.24, 2.45) is 0 Å². The summed E-state index contributed by atoms with van der Waals surface area (Å²) in [5.41, 5.74) is 1.47. The molecule has 110 valence electrons. The summed E-state index contributed by atoms with van der Waals surface area (Å²) < 4.78 is 0. The summed E-state index contributed by atoms with van der Waals surface area (Å²) in [7, 11) is 0. The Morgan fingerprint density at radius 3 is 2.86 bits per heavy atom. The number of hydrogen-bond donors (Lipinski definition) is 2. The second-order valence-electron chi connectivity index (χ2n) is 4.63. The number of amides is 1. The minimum atomic E-state index is -0.142. The SMILES string of the molecule is CCCNc1cc(C(=O)NCc2ccccc2Cl)ccn1. The Hall–Kier alpha value is -2.07. The first-order valence-corrected chi connectivity index (χ1v) is 7.30. The van der Waals surface area contributed by atoms with E-state index < -0.39 is 0 Å². The summed E-state index contributed by atoms with van der Waals surface area (Å²) in [6, 6.07) is 10.9. The summed E-state index contributed by atoms with van der Waals surface area (Å²) in [6.07, 6.45) is 2.63. The van der Waals surface area contributed by atoms with Crippen LogP contribution in [0.2, 0.25) is 5.02 Å². The molecule has 0 aliphatic heterocycles. The molecular formula is C16H18ClN3O. The number of hydrogen-bond acceptors (Lipinski definition) is 3. The molecule has 0 unspecified atom stereocenters. The molecule has 0 aliphatic rings. The van der Waals surface area contributed by atoms with Gasteiger partial charge in [0.1, 0.15) is 5.82 Å². The van der Waals surface area contributed by atoms with Crippen LogP contribution in [0.15, 0.2) is 42.6 Å². The lowest BCUT2D eigenvalue weighted by molar-refractivity contribution is 0.0951. The third kappa shape index (κ3) is 4.46. The van der Waals surface area contributed by atoms with Crippen LogP contribution in [0.25, 0.3) is 0 Å². The Labute approximate surface area is 129 Å². The van der Waals surface area contributed by atoms with E-state index in [4.69, 9.17) is 11.6 Å². The average Bonchev–Trinajstić information content (AvgIpc) is 2.52. The van der Waals surface area contributed by atoms with Crippen molar-refractivity contribution in [2.45, 2.75) is 19.9 Å². The molecule has 5 heteroatoms. The maximum Gasteiger partial charge on any atom is 0.251 e. The molecule has 2 N–H and O–H groups in total. The maximum atomic E-state index is 12.1. The van der Waals surface area contributed by atoms with Crippen molar-refractivity contribution in [1.82, 2.24) is 10.3 Å². The van der Waals surface area contributed by atoms with Crippen LogP contribution < -0.4 is 10.6 Å². The predicted octanol–water partition coefficient (Wildman–Crippen LogP) is 3.49. The fourth-order valence-electron chi connectivity index (χ4n) is 1.84. The topological polar surface area (TPSA) is 54.0 Å². The summed E-state index contributed by atoms with van der Waals surface area (Å²) >= 11 is 6.06. The summed E-state index contributed by atoms with van der Waals surface area (Å²) in [4.78, 5) is 16.3. The molecule has 0 radical (unpaired) electrons. The Morgan fingerprint density at radius 1 is 1.29 bits per heavy atom. The van der Waals surface area contributed by atoms with Crippen molar-refractivity contribution < 1.29 is 4.79 Å². The van der Waals surface area contributed by atoms with Gasteiger partial charge in [0, 0.05) is 29.9 Å². The molecule has 0 fully saturated rings. The molecule has 0 aliphatic carbocycles. The van der Waals surface area contributed by atoms with Crippen LogP contribution in [-0.4, -0.2) is 17.4 Å². The molecule has 0 bridgehead atoms. The van der Waals surface area contributed by atoms with Crippen LogP contribution in [0.3, 0.4) is 0 Å². The average molecular weight is 304 g/mol. The predicted molar refractivity (Wildman–Crippen MR) is 85.6 cm³/mol. The highest BCUT2D eigenvalue weighted by Crippen LogP contribution is 2.14. The number of benzene rings is 1.